The SMILES string of the molecule is Cc1nc(C(F)F)nc(C)c1Oc1nc(-c2cncc(Cl)c2)ccc1N(S(C)(=O)=O)S(C)(=O)=O. The summed E-state index contributed by atoms with van der Waals surface area (Å²) in [5.41, 5.74) is 0.231. The molecule has 0 saturated heterocycles. The summed E-state index contributed by atoms with van der Waals surface area (Å²) in [6.45, 7) is 2.76. The number of sulfonamides is 2. The van der Waals surface area contributed by atoms with Crippen LogP contribution in [0, 0.1) is 13.8 Å². The van der Waals surface area contributed by atoms with Gasteiger partial charge in [-0.25, -0.2) is 40.6 Å². The Morgan fingerprint density at radius 3 is 2.06 bits per heavy atom. The second kappa shape index (κ2) is 9.35. The maximum absolute atomic E-state index is 13.1. The van der Waals surface area contributed by atoms with Crippen molar-refractivity contribution < 1.29 is 30.4 Å². The molecule has 0 aromatic carbocycles. The normalized spacial score (nSPS) is 12.1. The molecule has 0 aliphatic rings. The van der Waals surface area contributed by atoms with Gasteiger partial charge in [-0.1, -0.05) is 11.6 Å². The quantitative estimate of drug-likeness (QED) is 0.446. The molecule has 10 nitrogen and oxygen atoms in total. The molecule has 0 aliphatic carbocycles. The summed E-state index contributed by atoms with van der Waals surface area (Å²) >= 11 is 5.98. The largest absolute Gasteiger partial charge is 0.433 e. The first-order chi connectivity index (χ1) is 15.7. The van der Waals surface area contributed by atoms with E-state index in [9.17, 15) is 25.6 Å². The summed E-state index contributed by atoms with van der Waals surface area (Å²) in [4.78, 5) is 15.6. The van der Waals surface area contributed by atoms with Crippen LogP contribution in [0.1, 0.15) is 23.6 Å². The van der Waals surface area contributed by atoms with Gasteiger partial charge in [0.2, 0.25) is 25.9 Å². The molecule has 3 heterocycles. The molecule has 0 saturated carbocycles. The molecule has 0 fully saturated rings. The van der Waals surface area contributed by atoms with Crippen LogP contribution in [0.2, 0.25) is 5.02 Å². The van der Waals surface area contributed by atoms with Gasteiger partial charge in [-0.2, -0.15) is 3.71 Å². The molecule has 0 N–H and O–H groups in total. The first kappa shape index (κ1) is 25.6. The van der Waals surface area contributed by atoms with Gasteiger partial charge in [0.25, 0.3) is 6.43 Å². The van der Waals surface area contributed by atoms with E-state index in [-0.39, 0.29) is 26.5 Å². The Morgan fingerprint density at radius 2 is 1.56 bits per heavy atom. The average molecular weight is 534 g/mol. The molecule has 3 aromatic heterocycles. The van der Waals surface area contributed by atoms with Crippen LogP contribution in [-0.4, -0.2) is 49.3 Å². The fourth-order valence-corrected chi connectivity index (χ4v) is 6.17. The zero-order valence-electron chi connectivity index (χ0n) is 18.2. The summed E-state index contributed by atoms with van der Waals surface area (Å²) < 4.78 is 81.5. The van der Waals surface area contributed by atoms with Crippen molar-refractivity contribution in [2.45, 2.75) is 20.3 Å². The predicted molar refractivity (Wildman–Crippen MR) is 121 cm³/mol. The van der Waals surface area contributed by atoms with Crippen LogP contribution in [0.3, 0.4) is 0 Å². The van der Waals surface area contributed by atoms with Crippen LogP contribution in [-0.2, 0) is 20.0 Å². The first-order valence-electron chi connectivity index (χ1n) is 9.32. The van der Waals surface area contributed by atoms with E-state index in [4.69, 9.17) is 16.3 Å². The number of ether oxygens (including phenoxy) is 1. The Morgan fingerprint density at radius 1 is 0.971 bits per heavy atom. The van der Waals surface area contributed by atoms with Crippen molar-refractivity contribution in [2.75, 3.05) is 16.2 Å². The van der Waals surface area contributed by atoms with E-state index < -0.39 is 43.9 Å². The molecular weight excluding hydrogens is 516 g/mol. The summed E-state index contributed by atoms with van der Waals surface area (Å²) in [6.07, 6.45) is 1.29. The molecule has 0 radical (unpaired) electrons. The van der Waals surface area contributed by atoms with Gasteiger partial charge in [-0.3, -0.25) is 4.98 Å². The Kier molecular flexibility index (Phi) is 7.05. The standard InChI is InChI=1S/C19H18ClF2N5O5S2/c1-10-16(11(2)25-18(24-10)17(21)22)32-19-15(27(33(3,28)29)34(4,30)31)6-5-14(26-19)12-7-13(20)9-23-8-12/h5-9,17H,1-4H3. The highest BCUT2D eigenvalue weighted by Crippen LogP contribution is 2.37. The lowest BCUT2D eigenvalue weighted by atomic mass is 10.2. The number of pyridine rings is 2. The molecule has 3 aromatic rings. The highest BCUT2D eigenvalue weighted by Gasteiger charge is 2.32. The monoisotopic (exact) mass is 533 g/mol. The minimum absolute atomic E-state index is 0.00985. The summed E-state index contributed by atoms with van der Waals surface area (Å²) in [7, 11) is -8.70. The Labute approximate surface area is 199 Å². The van der Waals surface area contributed by atoms with E-state index in [0.717, 1.165) is 0 Å². The molecule has 0 bridgehead atoms. The fourth-order valence-electron chi connectivity index (χ4n) is 3.04. The molecule has 0 amide bonds. The number of nitrogens with zero attached hydrogens (tertiary/aromatic N) is 5. The maximum Gasteiger partial charge on any atom is 0.297 e. The molecule has 0 aliphatic heterocycles. The Bertz CT molecular complexity index is 1410. The van der Waals surface area contributed by atoms with Crippen molar-refractivity contribution in [3.8, 4) is 22.9 Å². The van der Waals surface area contributed by atoms with Gasteiger partial charge in [0.15, 0.2) is 11.6 Å². The van der Waals surface area contributed by atoms with Crippen LogP contribution in [0.5, 0.6) is 11.6 Å². The molecule has 182 valence electrons. The molecule has 0 spiro atoms. The molecule has 0 unspecified atom stereocenters. The Balaban J connectivity index is 2.27. The number of aromatic nitrogens is 4. The molecule has 34 heavy (non-hydrogen) atoms. The lowest BCUT2D eigenvalue weighted by Gasteiger charge is -2.22. The second-order valence-electron chi connectivity index (χ2n) is 7.12. The van der Waals surface area contributed by atoms with E-state index in [1.165, 1.54) is 44.4 Å². The van der Waals surface area contributed by atoms with Crippen molar-refractivity contribution in [1.29, 1.82) is 0 Å². The van der Waals surface area contributed by atoms with Crippen molar-refractivity contribution in [3.63, 3.8) is 0 Å². The first-order valence-corrected chi connectivity index (χ1v) is 13.4. The van der Waals surface area contributed by atoms with Gasteiger partial charge in [-0.15, -0.1) is 0 Å². The van der Waals surface area contributed by atoms with E-state index in [1.807, 2.05) is 0 Å². The van der Waals surface area contributed by atoms with Crippen LogP contribution < -0.4 is 8.45 Å². The van der Waals surface area contributed by atoms with Gasteiger partial charge in [0.05, 0.1) is 34.6 Å². The van der Waals surface area contributed by atoms with Crippen molar-refractivity contribution in [3.05, 3.63) is 52.8 Å². The van der Waals surface area contributed by atoms with E-state index in [2.05, 4.69) is 19.9 Å². The number of halogens is 3. The van der Waals surface area contributed by atoms with Crippen molar-refractivity contribution >= 4 is 37.3 Å². The van der Waals surface area contributed by atoms with E-state index in [0.29, 0.717) is 23.1 Å². The zero-order chi connectivity index (χ0) is 25.4. The molecular formula is C19H18ClF2N5O5S2. The van der Waals surface area contributed by atoms with Gasteiger partial charge >= 0.3 is 0 Å². The van der Waals surface area contributed by atoms with Crippen LogP contribution in [0.25, 0.3) is 11.3 Å². The molecule has 0 atom stereocenters. The number of alkyl halides is 2. The third-order valence-corrected chi connectivity index (χ3v) is 7.69. The molecule has 15 heteroatoms. The zero-order valence-corrected chi connectivity index (χ0v) is 20.6. The third-order valence-electron chi connectivity index (χ3n) is 4.26. The number of hydrogen-bond acceptors (Lipinski definition) is 9. The highest BCUT2D eigenvalue weighted by atomic mass is 35.5. The second-order valence-corrected chi connectivity index (χ2v) is 11.5. The number of anilines is 1. The lowest BCUT2D eigenvalue weighted by Crippen LogP contribution is -2.35. The average Bonchev–Trinajstić information content (AvgIpc) is 2.69. The van der Waals surface area contributed by atoms with Crippen molar-refractivity contribution in [2.24, 2.45) is 0 Å². The number of aryl methyl sites for hydroxylation is 2. The number of hydrogen-bond donors (Lipinski definition) is 0. The summed E-state index contributed by atoms with van der Waals surface area (Å²) in [5, 5.41) is 0.294. The third kappa shape index (κ3) is 5.56. The van der Waals surface area contributed by atoms with Crippen LogP contribution in [0.15, 0.2) is 30.6 Å². The van der Waals surface area contributed by atoms with Gasteiger partial charge < -0.3 is 4.74 Å². The van der Waals surface area contributed by atoms with Gasteiger partial charge in [-0.05, 0) is 32.0 Å². The minimum atomic E-state index is -4.35. The lowest BCUT2D eigenvalue weighted by molar-refractivity contribution is 0.139. The minimum Gasteiger partial charge on any atom is -0.433 e. The fraction of sp³-hybridized carbons (Fsp3) is 0.263. The van der Waals surface area contributed by atoms with Crippen LogP contribution >= 0.6 is 11.6 Å². The maximum atomic E-state index is 13.1. The van der Waals surface area contributed by atoms with Gasteiger partial charge in [0, 0.05) is 18.0 Å². The summed E-state index contributed by atoms with van der Waals surface area (Å²) in [5.74, 6) is -1.27. The molecule has 3 rings (SSSR count). The highest BCUT2D eigenvalue weighted by molar-refractivity contribution is 8.09. The van der Waals surface area contributed by atoms with Crippen LogP contribution in [0.4, 0.5) is 14.5 Å². The van der Waals surface area contributed by atoms with Gasteiger partial charge in [0.1, 0.15) is 5.69 Å². The van der Waals surface area contributed by atoms with E-state index in [1.54, 1.807) is 0 Å². The Hall–Kier alpha value is -2.97. The van der Waals surface area contributed by atoms with Crippen molar-refractivity contribution in [1.82, 2.24) is 19.9 Å². The number of rotatable bonds is 7. The smallest absolute Gasteiger partial charge is 0.297 e. The van der Waals surface area contributed by atoms with E-state index >= 15 is 0 Å². The summed E-state index contributed by atoms with van der Waals surface area (Å²) in [6, 6.07) is 4.07. The predicted octanol–water partition coefficient (Wildman–Crippen LogP) is 3.66. The topological polar surface area (TPSA) is 132 Å².